The van der Waals surface area contributed by atoms with E-state index in [1.165, 1.54) is 11.8 Å². The summed E-state index contributed by atoms with van der Waals surface area (Å²) in [6.45, 7) is 2.53. The van der Waals surface area contributed by atoms with Crippen molar-refractivity contribution in [2.24, 2.45) is 0 Å². The molecule has 0 aliphatic carbocycles. The number of nitrogens with one attached hydrogen (secondary N) is 2. The summed E-state index contributed by atoms with van der Waals surface area (Å²) in [6.07, 6.45) is 1.90. The number of halogens is 2. The summed E-state index contributed by atoms with van der Waals surface area (Å²) in [4.78, 5) is 12.8. The molecule has 0 heterocycles. The number of hydrogen-bond donors (Lipinski definition) is 2. The number of amides is 1. The number of benzene rings is 1. The lowest BCUT2D eigenvalue weighted by molar-refractivity contribution is 0.0950. The van der Waals surface area contributed by atoms with Crippen LogP contribution in [0.2, 0.25) is 10.0 Å². The summed E-state index contributed by atoms with van der Waals surface area (Å²) in [6, 6.07) is 3.53. The van der Waals surface area contributed by atoms with E-state index in [1.54, 1.807) is 12.1 Å². The van der Waals surface area contributed by atoms with Crippen molar-refractivity contribution in [3.8, 4) is 0 Å². The topological polar surface area (TPSA) is 41.1 Å². The molecule has 1 aromatic rings. The second kappa shape index (κ2) is 7.24. The third-order valence-electron chi connectivity index (χ3n) is 2.55. The van der Waals surface area contributed by atoms with Gasteiger partial charge in [-0.15, -0.1) is 11.8 Å². The number of carbonyl (C=O) groups is 1. The minimum atomic E-state index is -0.186. The van der Waals surface area contributed by atoms with E-state index in [9.17, 15) is 4.79 Å². The van der Waals surface area contributed by atoms with Crippen LogP contribution in [-0.2, 0) is 0 Å². The Hall–Kier alpha value is -0.420. The van der Waals surface area contributed by atoms with Crippen LogP contribution in [0.25, 0.3) is 0 Å². The molecule has 2 N–H and O–H groups in total. The minimum Gasteiger partial charge on any atom is -0.350 e. The number of rotatable bonds is 5. The molecule has 1 amide bonds. The summed E-state index contributed by atoms with van der Waals surface area (Å²) >= 11 is 13.5. The van der Waals surface area contributed by atoms with E-state index in [0.717, 1.165) is 4.90 Å². The molecule has 3 nitrogen and oxygen atoms in total. The molecule has 1 rings (SSSR count). The second-order valence-electron chi connectivity index (χ2n) is 3.87. The van der Waals surface area contributed by atoms with Crippen molar-refractivity contribution in [1.82, 2.24) is 10.6 Å². The van der Waals surface area contributed by atoms with Gasteiger partial charge in [0.2, 0.25) is 0 Å². The molecule has 1 aromatic carbocycles. The molecule has 100 valence electrons. The Morgan fingerprint density at radius 3 is 2.61 bits per heavy atom. The van der Waals surface area contributed by atoms with Gasteiger partial charge in [0.15, 0.2) is 0 Å². The largest absolute Gasteiger partial charge is 0.350 e. The van der Waals surface area contributed by atoms with Crippen LogP contribution in [-0.4, -0.2) is 31.8 Å². The van der Waals surface area contributed by atoms with Crippen LogP contribution in [0.4, 0.5) is 0 Å². The van der Waals surface area contributed by atoms with Crippen molar-refractivity contribution in [2.75, 3.05) is 19.8 Å². The number of thioether (sulfide) groups is 1. The molecule has 0 radical (unpaired) electrons. The van der Waals surface area contributed by atoms with Crippen LogP contribution in [0.15, 0.2) is 17.0 Å². The van der Waals surface area contributed by atoms with Crippen molar-refractivity contribution in [1.29, 1.82) is 0 Å². The van der Waals surface area contributed by atoms with E-state index in [4.69, 9.17) is 23.2 Å². The fourth-order valence-electron chi connectivity index (χ4n) is 1.30. The van der Waals surface area contributed by atoms with E-state index < -0.39 is 0 Å². The highest BCUT2D eigenvalue weighted by atomic mass is 35.5. The summed E-state index contributed by atoms with van der Waals surface area (Å²) < 4.78 is 0. The molecule has 0 aliphatic heterocycles. The predicted molar refractivity (Wildman–Crippen MR) is 79.1 cm³/mol. The molecule has 0 saturated heterocycles. The van der Waals surface area contributed by atoms with Crippen LogP contribution < -0.4 is 10.6 Å². The van der Waals surface area contributed by atoms with E-state index >= 15 is 0 Å². The molecular formula is C12H16Cl2N2OS. The van der Waals surface area contributed by atoms with Crippen LogP contribution in [0.3, 0.4) is 0 Å². The highest BCUT2D eigenvalue weighted by Gasteiger charge is 2.14. The van der Waals surface area contributed by atoms with Crippen molar-refractivity contribution in [3.05, 3.63) is 27.7 Å². The predicted octanol–water partition coefficient (Wildman–Crippen LogP) is 3.05. The maximum absolute atomic E-state index is 12.0. The van der Waals surface area contributed by atoms with Gasteiger partial charge in [0.05, 0.1) is 15.6 Å². The molecular weight excluding hydrogens is 291 g/mol. The average Bonchev–Trinajstić information content (AvgIpc) is 2.35. The van der Waals surface area contributed by atoms with E-state index in [0.29, 0.717) is 22.2 Å². The molecule has 0 bridgehead atoms. The van der Waals surface area contributed by atoms with E-state index in [-0.39, 0.29) is 11.9 Å². The smallest absolute Gasteiger partial charge is 0.252 e. The van der Waals surface area contributed by atoms with Gasteiger partial charge >= 0.3 is 0 Å². The molecule has 0 saturated carbocycles. The molecule has 0 aliphatic rings. The molecule has 0 fully saturated rings. The van der Waals surface area contributed by atoms with Gasteiger partial charge in [-0.3, -0.25) is 4.79 Å². The maximum atomic E-state index is 12.0. The molecule has 6 heteroatoms. The van der Waals surface area contributed by atoms with Crippen LogP contribution in [0.1, 0.15) is 17.3 Å². The summed E-state index contributed by atoms with van der Waals surface area (Å²) in [7, 11) is 1.85. The van der Waals surface area contributed by atoms with Gasteiger partial charge in [-0.05, 0) is 32.4 Å². The van der Waals surface area contributed by atoms with E-state index in [1.807, 2.05) is 20.2 Å². The zero-order valence-corrected chi connectivity index (χ0v) is 12.8. The first-order chi connectivity index (χ1) is 8.49. The quantitative estimate of drug-likeness (QED) is 0.822. The fraction of sp³-hybridized carbons (Fsp3) is 0.417. The highest BCUT2D eigenvalue weighted by molar-refractivity contribution is 7.98. The van der Waals surface area contributed by atoms with Crippen LogP contribution in [0, 0.1) is 0 Å². The van der Waals surface area contributed by atoms with Crippen molar-refractivity contribution in [2.45, 2.75) is 17.9 Å². The van der Waals surface area contributed by atoms with Gasteiger partial charge < -0.3 is 10.6 Å². The first-order valence-electron chi connectivity index (χ1n) is 5.48. The Morgan fingerprint density at radius 1 is 1.39 bits per heavy atom. The van der Waals surface area contributed by atoms with Crippen LogP contribution in [0.5, 0.6) is 0 Å². The Morgan fingerprint density at radius 2 is 2.06 bits per heavy atom. The molecule has 18 heavy (non-hydrogen) atoms. The standard InChI is InChI=1S/C12H16Cl2N2OS/c1-7(15-2)6-16-12(17)8-4-11(18-3)10(14)5-9(8)13/h4-5,7,15H,6H2,1-3H3,(H,16,17). The third kappa shape index (κ3) is 4.05. The van der Waals surface area contributed by atoms with Gasteiger partial charge in [0.25, 0.3) is 5.91 Å². The monoisotopic (exact) mass is 306 g/mol. The lowest BCUT2D eigenvalue weighted by Crippen LogP contribution is -2.37. The zero-order chi connectivity index (χ0) is 13.7. The normalized spacial score (nSPS) is 12.3. The number of hydrogen-bond acceptors (Lipinski definition) is 3. The number of carbonyl (C=O) groups excluding carboxylic acids is 1. The lowest BCUT2D eigenvalue weighted by Gasteiger charge is -2.13. The summed E-state index contributed by atoms with van der Waals surface area (Å²) in [5, 5.41) is 6.80. The summed E-state index contributed by atoms with van der Waals surface area (Å²) in [5.74, 6) is -0.186. The van der Waals surface area contributed by atoms with Gasteiger partial charge in [-0.25, -0.2) is 0 Å². The zero-order valence-electron chi connectivity index (χ0n) is 10.5. The molecule has 0 aromatic heterocycles. The first kappa shape index (κ1) is 15.6. The molecule has 1 atom stereocenters. The van der Waals surface area contributed by atoms with Gasteiger partial charge in [-0.1, -0.05) is 23.2 Å². The van der Waals surface area contributed by atoms with E-state index in [2.05, 4.69) is 10.6 Å². The van der Waals surface area contributed by atoms with Gasteiger partial charge in [0.1, 0.15) is 0 Å². The molecule has 1 unspecified atom stereocenters. The Bertz CT molecular complexity index is 440. The van der Waals surface area contributed by atoms with Gasteiger partial charge in [-0.2, -0.15) is 0 Å². The lowest BCUT2D eigenvalue weighted by atomic mass is 10.2. The van der Waals surface area contributed by atoms with Crippen molar-refractivity contribution in [3.63, 3.8) is 0 Å². The Balaban J connectivity index is 2.85. The number of likely N-dealkylation sites (N-methyl/N-ethyl adjacent to an activating group) is 1. The first-order valence-corrected chi connectivity index (χ1v) is 7.46. The SMILES string of the molecule is CNC(C)CNC(=O)c1cc(SC)c(Cl)cc1Cl. The Labute approximate surface area is 122 Å². The van der Waals surface area contributed by atoms with Gasteiger partial charge in [0, 0.05) is 17.5 Å². The van der Waals surface area contributed by atoms with Crippen molar-refractivity contribution >= 4 is 40.9 Å². The minimum absolute atomic E-state index is 0.186. The molecule has 0 spiro atoms. The fourth-order valence-corrected chi connectivity index (χ4v) is 2.49. The summed E-state index contributed by atoms with van der Waals surface area (Å²) in [5.41, 5.74) is 0.453. The maximum Gasteiger partial charge on any atom is 0.252 e. The third-order valence-corrected chi connectivity index (χ3v) is 4.06. The second-order valence-corrected chi connectivity index (χ2v) is 5.53. The van der Waals surface area contributed by atoms with Crippen LogP contribution >= 0.6 is 35.0 Å². The highest BCUT2D eigenvalue weighted by Crippen LogP contribution is 2.31. The average molecular weight is 307 g/mol. The Kier molecular flexibility index (Phi) is 6.29. The van der Waals surface area contributed by atoms with Crippen molar-refractivity contribution < 1.29 is 4.79 Å².